The maximum absolute atomic E-state index is 13.4. The van der Waals surface area contributed by atoms with Crippen molar-refractivity contribution in [2.45, 2.75) is 0 Å². The molecule has 0 aliphatic rings. The van der Waals surface area contributed by atoms with Crippen LogP contribution < -0.4 is 0 Å². The molecule has 30 heavy (non-hydrogen) atoms. The molecule has 4 aromatic rings. The Morgan fingerprint density at radius 2 is 0.800 bits per heavy atom. The monoisotopic (exact) mass is 386 g/mol. The van der Waals surface area contributed by atoms with Crippen molar-refractivity contribution < 1.29 is 4.79 Å². The summed E-state index contributed by atoms with van der Waals surface area (Å²) in [6.07, 6.45) is 8.08. The number of ketones is 1. The van der Waals surface area contributed by atoms with Crippen LogP contribution in [0.25, 0.3) is 24.3 Å². The van der Waals surface area contributed by atoms with Gasteiger partial charge in [0.05, 0.1) is 0 Å². The largest absolute Gasteiger partial charge is 0.289 e. The van der Waals surface area contributed by atoms with Gasteiger partial charge in [-0.2, -0.15) is 0 Å². The summed E-state index contributed by atoms with van der Waals surface area (Å²) < 4.78 is 0. The number of hydrogen-bond acceptors (Lipinski definition) is 1. The van der Waals surface area contributed by atoms with Crippen LogP contribution in [0.3, 0.4) is 0 Å². The van der Waals surface area contributed by atoms with E-state index in [1.165, 1.54) is 0 Å². The molecular formula is C29H22O. The van der Waals surface area contributed by atoms with Crippen molar-refractivity contribution in [3.63, 3.8) is 0 Å². The fourth-order valence-electron chi connectivity index (χ4n) is 3.34. The lowest BCUT2D eigenvalue weighted by Crippen LogP contribution is -2.05. The van der Waals surface area contributed by atoms with Crippen molar-refractivity contribution in [2.24, 2.45) is 0 Å². The summed E-state index contributed by atoms with van der Waals surface area (Å²) in [5, 5.41) is 0. The number of carbonyl (C=O) groups excluding carboxylic acids is 1. The Kier molecular flexibility index (Phi) is 6.12. The van der Waals surface area contributed by atoms with Crippen molar-refractivity contribution >= 4 is 30.1 Å². The molecule has 0 aliphatic heterocycles. The van der Waals surface area contributed by atoms with Gasteiger partial charge < -0.3 is 0 Å². The van der Waals surface area contributed by atoms with E-state index in [0.717, 1.165) is 22.3 Å². The summed E-state index contributed by atoms with van der Waals surface area (Å²) in [7, 11) is 0. The van der Waals surface area contributed by atoms with Crippen LogP contribution in [0.2, 0.25) is 0 Å². The molecule has 4 rings (SSSR count). The molecule has 4 aromatic carbocycles. The van der Waals surface area contributed by atoms with Gasteiger partial charge in [-0.05, 0) is 22.3 Å². The third-order valence-corrected chi connectivity index (χ3v) is 4.92. The highest BCUT2D eigenvalue weighted by Crippen LogP contribution is 2.21. The molecule has 0 spiro atoms. The van der Waals surface area contributed by atoms with E-state index >= 15 is 0 Å². The lowest BCUT2D eigenvalue weighted by atomic mass is 9.94. The lowest BCUT2D eigenvalue weighted by molar-refractivity contribution is 0.103. The lowest BCUT2D eigenvalue weighted by Gasteiger charge is -2.08. The highest BCUT2D eigenvalue weighted by atomic mass is 16.1. The average Bonchev–Trinajstić information content (AvgIpc) is 2.83. The standard InChI is InChI=1S/C29H22O/c30-29(27-17-9-7-15-25(27)21-19-23-11-3-1-4-12-23)28-18-10-8-16-26(28)22-20-24-13-5-2-6-14-24/h1-22H/b21-19-,22-20?. The number of carbonyl (C=O) groups is 1. The molecule has 0 aliphatic carbocycles. The molecule has 1 nitrogen and oxygen atoms in total. The predicted octanol–water partition coefficient (Wildman–Crippen LogP) is 7.26. The predicted molar refractivity (Wildman–Crippen MR) is 127 cm³/mol. The highest BCUT2D eigenvalue weighted by molar-refractivity contribution is 6.13. The summed E-state index contributed by atoms with van der Waals surface area (Å²) in [5.41, 5.74) is 5.42. The first kappa shape index (κ1) is 19.4. The second-order valence-corrected chi connectivity index (χ2v) is 6.99. The Morgan fingerprint density at radius 3 is 1.23 bits per heavy atom. The number of benzene rings is 4. The fraction of sp³-hybridized carbons (Fsp3) is 0. The van der Waals surface area contributed by atoms with Crippen LogP contribution in [0.1, 0.15) is 38.2 Å². The highest BCUT2D eigenvalue weighted by Gasteiger charge is 2.14. The van der Waals surface area contributed by atoms with Crippen molar-refractivity contribution in [1.82, 2.24) is 0 Å². The van der Waals surface area contributed by atoms with E-state index in [0.29, 0.717) is 11.1 Å². The Bertz CT molecular complexity index is 1090. The van der Waals surface area contributed by atoms with Gasteiger partial charge in [0, 0.05) is 11.1 Å². The van der Waals surface area contributed by atoms with Crippen LogP contribution in [0, 0.1) is 0 Å². The minimum atomic E-state index is 0.0247. The molecule has 0 amide bonds. The first-order valence-electron chi connectivity index (χ1n) is 10.0. The zero-order valence-corrected chi connectivity index (χ0v) is 16.6. The quantitative estimate of drug-likeness (QED) is 0.252. The van der Waals surface area contributed by atoms with Gasteiger partial charge in [-0.3, -0.25) is 4.79 Å². The normalized spacial score (nSPS) is 11.2. The van der Waals surface area contributed by atoms with Gasteiger partial charge in [-0.25, -0.2) is 0 Å². The molecular weight excluding hydrogens is 364 g/mol. The van der Waals surface area contributed by atoms with E-state index in [-0.39, 0.29) is 5.78 Å². The molecule has 0 saturated heterocycles. The van der Waals surface area contributed by atoms with E-state index in [4.69, 9.17) is 0 Å². The minimum absolute atomic E-state index is 0.0247. The van der Waals surface area contributed by atoms with Crippen molar-refractivity contribution in [3.8, 4) is 0 Å². The maximum Gasteiger partial charge on any atom is 0.194 e. The van der Waals surface area contributed by atoms with Crippen LogP contribution in [-0.2, 0) is 0 Å². The van der Waals surface area contributed by atoms with Gasteiger partial charge in [-0.1, -0.05) is 133 Å². The molecule has 0 atom stereocenters. The van der Waals surface area contributed by atoms with Gasteiger partial charge in [0.1, 0.15) is 0 Å². The topological polar surface area (TPSA) is 17.1 Å². The molecule has 0 unspecified atom stereocenters. The molecule has 0 aromatic heterocycles. The Morgan fingerprint density at radius 1 is 0.433 bits per heavy atom. The molecule has 0 saturated carbocycles. The zero-order valence-electron chi connectivity index (χ0n) is 16.6. The maximum atomic E-state index is 13.4. The van der Waals surface area contributed by atoms with Crippen LogP contribution >= 0.6 is 0 Å². The molecule has 0 bridgehead atoms. The number of rotatable bonds is 6. The Labute approximate surface area is 177 Å². The van der Waals surface area contributed by atoms with Gasteiger partial charge in [-0.15, -0.1) is 0 Å². The van der Waals surface area contributed by atoms with Crippen molar-refractivity contribution in [3.05, 3.63) is 143 Å². The first-order chi connectivity index (χ1) is 14.8. The summed E-state index contributed by atoms with van der Waals surface area (Å²) >= 11 is 0. The van der Waals surface area contributed by atoms with Crippen LogP contribution in [0.4, 0.5) is 0 Å². The molecule has 1 heteroatoms. The molecule has 0 N–H and O–H groups in total. The zero-order chi connectivity index (χ0) is 20.6. The summed E-state index contributed by atoms with van der Waals surface area (Å²) in [4.78, 5) is 13.4. The smallest absolute Gasteiger partial charge is 0.194 e. The second kappa shape index (κ2) is 9.49. The Hall–Kier alpha value is -3.97. The third kappa shape index (κ3) is 4.71. The van der Waals surface area contributed by atoms with Crippen molar-refractivity contribution in [1.29, 1.82) is 0 Å². The SMILES string of the molecule is O=C(c1ccccc1C=Cc1ccccc1)c1ccccc1/C=C\c1ccccc1. The van der Waals surface area contributed by atoms with E-state index in [1.807, 2.05) is 133 Å². The average molecular weight is 386 g/mol. The molecule has 0 heterocycles. The van der Waals surface area contributed by atoms with Gasteiger partial charge >= 0.3 is 0 Å². The molecule has 144 valence electrons. The Balaban J connectivity index is 1.66. The van der Waals surface area contributed by atoms with Gasteiger partial charge in [0.15, 0.2) is 5.78 Å². The molecule has 0 fully saturated rings. The summed E-state index contributed by atoms with van der Waals surface area (Å²) in [5.74, 6) is 0.0247. The van der Waals surface area contributed by atoms with Crippen molar-refractivity contribution in [2.75, 3.05) is 0 Å². The summed E-state index contributed by atoms with van der Waals surface area (Å²) in [6.45, 7) is 0. The van der Waals surface area contributed by atoms with E-state index in [1.54, 1.807) is 0 Å². The van der Waals surface area contributed by atoms with E-state index in [2.05, 4.69) is 0 Å². The molecule has 0 radical (unpaired) electrons. The van der Waals surface area contributed by atoms with Crippen LogP contribution in [0.5, 0.6) is 0 Å². The fourth-order valence-corrected chi connectivity index (χ4v) is 3.34. The van der Waals surface area contributed by atoms with E-state index in [9.17, 15) is 4.79 Å². The van der Waals surface area contributed by atoms with Gasteiger partial charge in [0.25, 0.3) is 0 Å². The van der Waals surface area contributed by atoms with Crippen LogP contribution in [-0.4, -0.2) is 5.78 Å². The minimum Gasteiger partial charge on any atom is -0.289 e. The van der Waals surface area contributed by atoms with Crippen LogP contribution in [0.15, 0.2) is 109 Å². The van der Waals surface area contributed by atoms with Gasteiger partial charge in [0.2, 0.25) is 0 Å². The van der Waals surface area contributed by atoms with E-state index < -0.39 is 0 Å². The number of hydrogen-bond donors (Lipinski definition) is 0. The summed E-state index contributed by atoms with van der Waals surface area (Å²) in [6, 6.07) is 35.7. The second-order valence-electron chi connectivity index (χ2n) is 6.99. The first-order valence-corrected chi connectivity index (χ1v) is 10.0. The third-order valence-electron chi connectivity index (χ3n) is 4.92.